The Morgan fingerprint density at radius 3 is 2.85 bits per heavy atom. The molecule has 0 saturated carbocycles. The van der Waals surface area contributed by atoms with Crippen LogP contribution in [0.3, 0.4) is 0 Å². The van der Waals surface area contributed by atoms with Gasteiger partial charge in [-0.25, -0.2) is 4.98 Å². The van der Waals surface area contributed by atoms with Gasteiger partial charge in [-0.05, 0) is 24.3 Å². The Morgan fingerprint density at radius 1 is 1.30 bits per heavy atom. The molecule has 0 atom stereocenters. The van der Waals surface area contributed by atoms with Crippen molar-refractivity contribution in [2.45, 2.75) is 13.0 Å². The van der Waals surface area contributed by atoms with Crippen LogP contribution in [0, 0.1) is 0 Å². The molecule has 4 N–H and O–H groups in total. The molecule has 0 aliphatic heterocycles. The Kier molecular flexibility index (Phi) is 5.25. The number of anilines is 1. The van der Waals surface area contributed by atoms with Gasteiger partial charge in [-0.2, -0.15) is 0 Å². The Balaban J connectivity index is 1.78. The van der Waals surface area contributed by atoms with Crippen molar-refractivity contribution in [3.63, 3.8) is 0 Å². The largest absolute Gasteiger partial charge is 0.494 e. The van der Waals surface area contributed by atoms with Crippen molar-refractivity contribution in [1.82, 2.24) is 14.9 Å². The first kappa shape index (κ1) is 18.2. The number of fused-ring (bicyclic) bond motifs is 1. The molecule has 2 heterocycles. The summed E-state index contributed by atoms with van der Waals surface area (Å²) in [5.41, 5.74) is 6.80. The molecule has 0 fully saturated rings. The lowest BCUT2D eigenvalue weighted by atomic mass is 10.1. The van der Waals surface area contributed by atoms with Crippen LogP contribution in [0.1, 0.15) is 22.5 Å². The van der Waals surface area contributed by atoms with E-state index < -0.39 is 5.97 Å². The maximum absolute atomic E-state index is 12.2. The van der Waals surface area contributed by atoms with Gasteiger partial charge in [0, 0.05) is 29.1 Å². The number of hydrogen-bond donors (Lipinski definition) is 3. The van der Waals surface area contributed by atoms with Crippen LogP contribution in [-0.2, 0) is 16.1 Å². The van der Waals surface area contributed by atoms with Crippen LogP contribution in [-0.4, -0.2) is 40.2 Å². The van der Waals surface area contributed by atoms with Crippen molar-refractivity contribution in [2.75, 3.05) is 19.4 Å². The van der Waals surface area contributed by atoms with Gasteiger partial charge in [-0.3, -0.25) is 9.59 Å². The van der Waals surface area contributed by atoms with E-state index in [1.54, 1.807) is 41.1 Å². The van der Waals surface area contributed by atoms with Gasteiger partial charge in [0.1, 0.15) is 5.82 Å². The number of benzene rings is 1. The number of aromatic hydroxyl groups is 1. The van der Waals surface area contributed by atoms with E-state index in [9.17, 15) is 14.7 Å². The van der Waals surface area contributed by atoms with E-state index in [-0.39, 0.29) is 24.8 Å². The highest BCUT2D eigenvalue weighted by molar-refractivity contribution is 6.00. The summed E-state index contributed by atoms with van der Waals surface area (Å²) in [5.74, 6) is -0.269. The standard InChI is InChI=1S/C19H20N4O4/c1-27-17(24)7-8-21-18(25)12-5-6-13-10-23(19(26)15(13)9-12)11-14-3-2-4-16(20)22-14/h2-6,9-10,26H,7-8,11H2,1H3,(H2,20,22)(H,21,25). The summed E-state index contributed by atoms with van der Waals surface area (Å²) in [6.45, 7) is 0.532. The molecular formula is C19H20N4O4. The Labute approximate surface area is 155 Å². The molecule has 0 aliphatic carbocycles. The smallest absolute Gasteiger partial charge is 0.307 e. The number of nitrogens with two attached hydrogens (primary N) is 1. The second-order valence-corrected chi connectivity index (χ2v) is 6.02. The minimum absolute atomic E-state index is 0.0402. The zero-order valence-electron chi connectivity index (χ0n) is 14.8. The van der Waals surface area contributed by atoms with Gasteiger partial charge in [0.2, 0.25) is 0 Å². The molecule has 3 aromatic rings. The van der Waals surface area contributed by atoms with Gasteiger partial charge in [0.05, 0.1) is 25.8 Å². The molecule has 1 amide bonds. The monoisotopic (exact) mass is 368 g/mol. The van der Waals surface area contributed by atoms with Gasteiger partial charge in [0.15, 0.2) is 5.88 Å². The Morgan fingerprint density at radius 2 is 2.11 bits per heavy atom. The number of methoxy groups -OCH3 is 1. The molecule has 27 heavy (non-hydrogen) atoms. The second kappa shape index (κ2) is 7.77. The Bertz CT molecular complexity index is 997. The number of aromatic nitrogens is 2. The van der Waals surface area contributed by atoms with Crippen LogP contribution in [0.2, 0.25) is 0 Å². The van der Waals surface area contributed by atoms with E-state index >= 15 is 0 Å². The molecule has 2 aromatic heterocycles. The number of ether oxygens (including phenoxy) is 1. The fourth-order valence-corrected chi connectivity index (χ4v) is 2.75. The molecule has 0 aliphatic rings. The lowest BCUT2D eigenvalue weighted by Crippen LogP contribution is -2.26. The predicted octanol–water partition coefficient (Wildman–Crippen LogP) is 1.67. The maximum Gasteiger partial charge on any atom is 0.307 e. The number of nitrogens with one attached hydrogen (secondary N) is 1. The third kappa shape index (κ3) is 4.17. The van der Waals surface area contributed by atoms with Crippen LogP contribution < -0.4 is 11.1 Å². The molecule has 8 nitrogen and oxygen atoms in total. The summed E-state index contributed by atoms with van der Waals surface area (Å²) in [6.07, 6.45) is 1.88. The van der Waals surface area contributed by atoms with Crippen molar-refractivity contribution in [2.24, 2.45) is 0 Å². The molecule has 8 heteroatoms. The maximum atomic E-state index is 12.2. The van der Waals surface area contributed by atoms with Gasteiger partial charge in [0.25, 0.3) is 5.91 Å². The normalized spacial score (nSPS) is 10.7. The lowest BCUT2D eigenvalue weighted by Gasteiger charge is -2.05. The summed E-state index contributed by atoms with van der Waals surface area (Å²) in [4.78, 5) is 27.6. The van der Waals surface area contributed by atoms with E-state index in [1.165, 1.54) is 7.11 Å². The van der Waals surface area contributed by atoms with Crippen LogP contribution in [0.4, 0.5) is 5.82 Å². The van der Waals surface area contributed by atoms with Gasteiger partial charge < -0.3 is 25.5 Å². The van der Waals surface area contributed by atoms with Crippen molar-refractivity contribution in [1.29, 1.82) is 0 Å². The Hall–Kier alpha value is -3.55. The SMILES string of the molecule is COC(=O)CCNC(=O)c1ccc2cn(Cc3cccc(N)n3)c(O)c2c1. The zero-order chi connectivity index (χ0) is 19.4. The van der Waals surface area contributed by atoms with Crippen LogP contribution in [0.5, 0.6) is 5.88 Å². The molecule has 3 rings (SSSR count). The van der Waals surface area contributed by atoms with Crippen molar-refractivity contribution < 1.29 is 19.4 Å². The van der Waals surface area contributed by atoms with E-state index in [2.05, 4.69) is 15.0 Å². The quantitative estimate of drug-likeness (QED) is 0.569. The minimum atomic E-state index is -0.393. The highest BCUT2D eigenvalue weighted by Crippen LogP contribution is 2.28. The van der Waals surface area contributed by atoms with Crippen molar-refractivity contribution in [3.05, 3.63) is 53.9 Å². The molecule has 0 spiro atoms. The zero-order valence-corrected chi connectivity index (χ0v) is 14.8. The fraction of sp³-hybridized carbons (Fsp3) is 0.211. The predicted molar refractivity (Wildman–Crippen MR) is 100 cm³/mol. The average Bonchev–Trinajstić information content (AvgIpc) is 2.96. The fourth-order valence-electron chi connectivity index (χ4n) is 2.75. The van der Waals surface area contributed by atoms with Crippen molar-refractivity contribution >= 4 is 28.5 Å². The van der Waals surface area contributed by atoms with E-state index in [0.29, 0.717) is 29.0 Å². The summed E-state index contributed by atoms with van der Waals surface area (Å²) in [7, 11) is 1.30. The molecule has 0 unspecified atom stereocenters. The number of hydrogen-bond acceptors (Lipinski definition) is 6. The number of carbonyl (C=O) groups is 2. The first-order valence-corrected chi connectivity index (χ1v) is 8.36. The summed E-state index contributed by atoms with van der Waals surface area (Å²) < 4.78 is 6.18. The molecule has 140 valence electrons. The van der Waals surface area contributed by atoms with E-state index in [1.807, 2.05) is 6.07 Å². The van der Waals surface area contributed by atoms with Crippen LogP contribution in [0.25, 0.3) is 10.8 Å². The summed E-state index contributed by atoms with van der Waals surface area (Å²) >= 11 is 0. The van der Waals surface area contributed by atoms with Gasteiger partial charge >= 0.3 is 5.97 Å². The summed E-state index contributed by atoms with van der Waals surface area (Å²) in [5, 5.41) is 14.5. The average molecular weight is 368 g/mol. The second-order valence-electron chi connectivity index (χ2n) is 6.02. The number of esters is 1. The summed E-state index contributed by atoms with van der Waals surface area (Å²) in [6, 6.07) is 10.4. The number of rotatable bonds is 6. The first-order valence-electron chi connectivity index (χ1n) is 8.36. The van der Waals surface area contributed by atoms with Crippen LogP contribution >= 0.6 is 0 Å². The number of amides is 1. The van der Waals surface area contributed by atoms with Gasteiger partial charge in [-0.15, -0.1) is 0 Å². The topological polar surface area (TPSA) is 119 Å². The van der Waals surface area contributed by atoms with E-state index in [4.69, 9.17) is 5.73 Å². The highest BCUT2D eigenvalue weighted by atomic mass is 16.5. The highest BCUT2D eigenvalue weighted by Gasteiger charge is 2.13. The molecule has 0 radical (unpaired) electrons. The number of nitrogen functional groups attached to an aromatic ring is 1. The molecular weight excluding hydrogens is 348 g/mol. The van der Waals surface area contributed by atoms with E-state index in [0.717, 1.165) is 5.39 Å². The molecule has 0 bridgehead atoms. The molecule has 1 aromatic carbocycles. The van der Waals surface area contributed by atoms with Crippen molar-refractivity contribution in [3.8, 4) is 5.88 Å². The number of nitrogens with zero attached hydrogens (tertiary/aromatic N) is 2. The minimum Gasteiger partial charge on any atom is -0.494 e. The van der Waals surface area contributed by atoms with Gasteiger partial charge in [-0.1, -0.05) is 12.1 Å². The third-order valence-electron chi connectivity index (χ3n) is 4.13. The molecule has 0 saturated heterocycles. The lowest BCUT2D eigenvalue weighted by molar-refractivity contribution is -0.140. The number of carbonyl (C=O) groups excluding carboxylic acids is 2. The first-order chi connectivity index (χ1) is 13.0. The third-order valence-corrected chi connectivity index (χ3v) is 4.13. The van der Waals surface area contributed by atoms with Crippen LogP contribution in [0.15, 0.2) is 42.6 Å². The number of pyridine rings is 1.